The molecule has 3 nitrogen and oxygen atoms in total. The molecular formula is C23H18ClF6IN3OsP+2. The van der Waals surface area contributed by atoms with Crippen molar-refractivity contribution in [3.8, 4) is 11.1 Å². The fraction of sp³-hybridized carbons (Fsp3) is 0. The number of hydrogen-bond acceptors (Lipinski definition) is 3. The minimum Gasteiger partial charge on any atom is -1.00 e. The number of azo groups is 1. The van der Waals surface area contributed by atoms with Crippen LogP contribution in [0.3, 0.4) is 0 Å². The number of aromatic nitrogens is 1. The minimum atomic E-state index is -10.7. The molecule has 0 aliphatic rings. The average molecular weight is 834 g/mol. The summed E-state index contributed by atoms with van der Waals surface area (Å²) in [5, 5.41) is 8.40. The maximum absolute atomic E-state index is 10.7. The molecule has 0 amide bonds. The molecule has 0 unspecified atom stereocenters. The Hall–Kier alpha value is -1.92. The Kier molecular flexibility index (Phi) is 13.4. The van der Waals surface area contributed by atoms with E-state index in [1.807, 2.05) is 42.5 Å². The third-order valence-electron chi connectivity index (χ3n) is 3.61. The summed E-state index contributed by atoms with van der Waals surface area (Å²) >= 11 is 5.71. The van der Waals surface area contributed by atoms with Crippen LogP contribution < -0.4 is 24.0 Å². The van der Waals surface area contributed by atoms with E-state index >= 15 is 0 Å². The fourth-order valence-corrected chi connectivity index (χ4v) is 2.48. The molecule has 0 saturated heterocycles. The molecule has 1 heterocycles. The molecule has 4 aromatic rings. The molecule has 0 bridgehead atoms. The maximum atomic E-state index is 9.87. The Morgan fingerprint density at radius 2 is 0.944 bits per heavy atom. The van der Waals surface area contributed by atoms with Crippen molar-refractivity contribution >= 4 is 30.9 Å². The molecule has 0 N–H and O–H groups in total. The second kappa shape index (κ2) is 14.1. The van der Waals surface area contributed by atoms with Gasteiger partial charge in [-0.15, -0.1) is 10.2 Å². The van der Waals surface area contributed by atoms with Crippen LogP contribution in [0.4, 0.5) is 36.7 Å². The van der Waals surface area contributed by atoms with Gasteiger partial charge in [0.15, 0.2) is 5.82 Å². The van der Waals surface area contributed by atoms with Gasteiger partial charge in [0.25, 0.3) is 0 Å². The smallest absolute Gasteiger partial charge is 1.00 e. The first-order valence-electron chi connectivity index (χ1n) is 9.52. The molecule has 0 radical (unpaired) electrons. The summed E-state index contributed by atoms with van der Waals surface area (Å²) in [6.07, 6.45) is 0. The van der Waals surface area contributed by atoms with Gasteiger partial charge in [0.1, 0.15) is 5.15 Å². The van der Waals surface area contributed by atoms with Crippen molar-refractivity contribution in [2.75, 3.05) is 0 Å². The van der Waals surface area contributed by atoms with Crippen molar-refractivity contribution in [3.05, 3.63) is 114 Å². The van der Waals surface area contributed by atoms with E-state index in [1.165, 1.54) is 11.1 Å². The van der Waals surface area contributed by atoms with Crippen LogP contribution in [-0.4, -0.2) is 4.98 Å². The van der Waals surface area contributed by atoms with Crippen LogP contribution in [0.1, 0.15) is 0 Å². The summed E-state index contributed by atoms with van der Waals surface area (Å²) < 4.78 is 59.2. The number of halogens is 8. The van der Waals surface area contributed by atoms with Crippen LogP contribution in [0.15, 0.2) is 119 Å². The molecular weight excluding hydrogens is 816 g/mol. The molecule has 3 aromatic carbocycles. The molecule has 0 fully saturated rings. The van der Waals surface area contributed by atoms with E-state index in [1.54, 1.807) is 18.2 Å². The van der Waals surface area contributed by atoms with Gasteiger partial charge in [-0.05, 0) is 35.4 Å². The topological polar surface area (TPSA) is 37.6 Å². The summed E-state index contributed by atoms with van der Waals surface area (Å²) in [7, 11) is -10.7. The van der Waals surface area contributed by atoms with Gasteiger partial charge >= 0.3 is 52.8 Å². The van der Waals surface area contributed by atoms with Gasteiger partial charge in [0.2, 0.25) is 0 Å². The van der Waals surface area contributed by atoms with Gasteiger partial charge in [-0.25, -0.2) is 4.98 Å². The van der Waals surface area contributed by atoms with E-state index in [-0.39, 0.29) is 43.8 Å². The van der Waals surface area contributed by atoms with Crippen molar-refractivity contribution in [2.24, 2.45) is 10.2 Å². The molecule has 4 rings (SSSR count). The van der Waals surface area contributed by atoms with Gasteiger partial charge in [0, 0.05) is 0 Å². The molecule has 36 heavy (non-hydrogen) atoms. The summed E-state index contributed by atoms with van der Waals surface area (Å²) in [5.41, 5.74) is 3.34. The van der Waals surface area contributed by atoms with E-state index < -0.39 is 7.81 Å². The maximum Gasteiger partial charge on any atom is 4.00 e. The van der Waals surface area contributed by atoms with Crippen LogP contribution in [0, 0.1) is 0 Å². The summed E-state index contributed by atoms with van der Waals surface area (Å²) in [4.78, 5) is 3.99. The Balaban J connectivity index is 0.000000529. The van der Waals surface area contributed by atoms with Crippen molar-refractivity contribution in [2.45, 2.75) is 0 Å². The zero-order valence-electron chi connectivity index (χ0n) is 18.1. The zero-order valence-corrected chi connectivity index (χ0v) is 24.4. The number of nitrogens with zero attached hydrogens (tertiary/aromatic N) is 3. The second-order valence-electron chi connectivity index (χ2n) is 6.54. The minimum absolute atomic E-state index is 0. The number of hydrogen-bond donors (Lipinski definition) is 0. The van der Waals surface area contributed by atoms with E-state index in [4.69, 9.17) is 11.6 Å². The van der Waals surface area contributed by atoms with Gasteiger partial charge in [0.05, 0.1) is 5.69 Å². The molecule has 192 valence electrons. The van der Waals surface area contributed by atoms with Crippen molar-refractivity contribution in [3.63, 3.8) is 0 Å². The van der Waals surface area contributed by atoms with E-state index in [2.05, 4.69) is 63.7 Å². The van der Waals surface area contributed by atoms with Gasteiger partial charge in [-0.2, -0.15) is 0 Å². The Morgan fingerprint density at radius 3 is 1.33 bits per heavy atom. The Labute approximate surface area is 239 Å². The van der Waals surface area contributed by atoms with Crippen LogP contribution in [0.5, 0.6) is 0 Å². The van der Waals surface area contributed by atoms with Gasteiger partial charge < -0.3 is 24.0 Å². The van der Waals surface area contributed by atoms with Crippen LogP contribution in [0.25, 0.3) is 11.1 Å². The molecule has 1 aromatic heterocycles. The molecule has 0 aliphatic carbocycles. The first kappa shape index (κ1) is 34.1. The molecule has 0 atom stereocenters. The monoisotopic (exact) mass is 835 g/mol. The summed E-state index contributed by atoms with van der Waals surface area (Å²) in [6.45, 7) is 0. The first-order valence-corrected chi connectivity index (χ1v) is 11.9. The largest absolute Gasteiger partial charge is 4.00 e. The van der Waals surface area contributed by atoms with Crippen LogP contribution in [0.2, 0.25) is 5.15 Å². The zero-order chi connectivity index (χ0) is 25.1. The predicted octanol–water partition coefficient (Wildman–Crippen LogP) is 7.89. The first-order chi connectivity index (χ1) is 15.8. The van der Waals surface area contributed by atoms with Crippen LogP contribution in [-0.2, 0) is 19.8 Å². The molecule has 0 saturated carbocycles. The normalized spacial score (nSPS) is 12.2. The predicted molar refractivity (Wildman–Crippen MR) is 125 cm³/mol. The molecule has 0 spiro atoms. The Bertz CT molecular complexity index is 1160. The number of rotatable bonds is 3. The quantitative estimate of drug-likeness (QED) is 0.0681. The number of pyridine rings is 1. The van der Waals surface area contributed by atoms with Crippen molar-refractivity contribution in [1.82, 2.24) is 4.98 Å². The van der Waals surface area contributed by atoms with E-state index in [0.717, 1.165) is 5.69 Å². The van der Waals surface area contributed by atoms with Crippen molar-refractivity contribution in [1.29, 1.82) is 0 Å². The van der Waals surface area contributed by atoms with E-state index in [0.29, 0.717) is 11.0 Å². The SMILES string of the molecule is Clc1cccc(N=Nc2ccccc2)n1.F[P-](F)(F)(F)(F)F.[I-].[Os+4].c1ccc(-c2ccccc2)cc1. The van der Waals surface area contributed by atoms with Gasteiger partial charge in [-0.3, -0.25) is 0 Å². The van der Waals surface area contributed by atoms with E-state index in [9.17, 15) is 25.2 Å². The van der Waals surface area contributed by atoms with Gasteiger partial charge in [-0.1, -0.05) is 96.5 Å². The third kappa shape index (κ3) is 18.4. The standard InChI is InChI=1S/C12H10.C11H8ClN3.F6P.HI.Os/c1-3-7-11(8-4-1)12-9-5-2-6-10-12;12-10-7-4-8-11(13-10)15-14-9-5-2-1-3-6-9;1-7(2,3,4,5)6;;/h1-10H;1-8H;;1H;/q;;-1;;+4/p-1. The number of benzene rings is 3. The second-order valence-corrected chi connectivity index (χ2v) is 8.85. The van der Waals surface area contributed by atoms with Crippen molar-refractivity contribution < 1.29 is 68.9 Å². The summed E-state index contributed by atoms with van der Waals surface area (Å²) in [5.74, 6) is 0.506. The fourth-order valence-electron chi connectivity index (χ4n) is 2.32. The average Bonchev–Trinajstić information content (AvgIpc) is 2.78. The summed E-state index contributed by atoms with van der Waals surface area (Å²) in [6, 6.07) is 35.5. The van der Waals surface area contributed by atoms with Crippen LogP contribution >= 0.6 is 19.4 Å². The Morgan fingerprint density at radius 1 is 0.556 bits per heavy atom. The molecule has 13 heteroatoms. The third-order valence-corrected chi connectivity index (χ3v) is 3.82. The molecule has 0 aliphatic heterocycles.